The van der Waals surface area contributed by atoms with Crippen LogP contribution in [0.5, 0.6) is 0 Å². The summed E-state index contributed by atoms with van der Waals surface area (Å²) < 4.78 is 0. The Labute approximate surface area is 120 Å². The molecule has 0 aliphatic rings. The van der Waals surface area contributed by atoms with Crippen LogP contribution in [0.15, 0.2) is 59.5 Å². The fourth-order valence-corrected chi connectivity index (χ4v) is 2.95. The van der Waals surface area contributed by atoms with Crippen LogP contribution in [-0.2, 0) is 0 Å². The molecule has 1 nitrogen and oxygen atoms in total. The zero-order chi connectivity index (χ0) is 13.5. The maximum atomic E-state index is 3.59. The molecule has 0 aliphatic heterocycles. The highest BCUT2D eigenvalue weighted by Crippen LogP contribution is 2.18. The van der Waals surface area contributed by atoms with Gasteiger partial charge in [0, 0.05) is 23.2 Å². The molecule has 2 rings (SSSR count). The van der Waals surface area contributed by atoms with E-state index in [0.29, 0.717) is 6.04 Å². The van der Waals surface area contributed by atoms with E-state index in [-0.39, 0.29) is 0 Å². The van der Waals surface area contributed by atoms with E-state index in [1.807, 2.05) is 11.8 Å². The van der Waals surface area contributed by atoms with Crippen LogP contribution < -0.4 is 5.32 Å². The lowest BCUT2D eigenvalue weighted by Crippen LogP contribution is -2.21. The standard InChI is InChI=1S/C17H21NS/c1-14-8-6-7-11-17(14)15(2)18-12-13-19-16-9-4-3-5-10-16/h3-11,15,18H,12-13H2,1-2H3. The summed E-state index contributed by atoms with van der Waals surface area (Å²) in [6.45, 7) is 5.43. The monoisotopic (exact) mass is 271 g/mol. The van der Waals surface area contributed by atoms with E-state index in [1.54, 1.807) is 0 Å². The van der Waals surface area contributed by atoms with E-state index >= 15 is 0 Å². The van der Waals surface area contributed by atoms with Gasteiger partial charge in [0.25, 0.3) is 0 Å². The van der Waals surface area contributed by atoms with Gasteiger partial charge in [0.2, 0.25) is 0 Å². The number of benzene rings is 2. The lowest BCUT2D eigenvalue weighted by atomic mass is 10.0. The first-order chi connectivity index (χ1) is 9.27. The highest BCUT2D eigenvalue weighted by atomic mass is 32.2. The Morgan fingerprint density at radius 2 is 1.68 bits per heavy atom. The van der Waals surface area contributed by atoms with Gasteiger partial charge in [-0.05, 0) is 37.1 Å². The summed E-state index contributed by atoms with van der Waals surface area (Å²) in [5.74, 6) is 1.10. The Balaban J connectivity index is 1.76. The molecule has 1 atom stereocenters. The van der Waals surface area contributed by atoms with Crippen LogP contribution in [0.1, 0.15) is 24.1 Å². The lowest BCUT2D eigenvalue weighted by Gasteiger charge is -2.16. The largest absolute Gasteiger partial charge is 0.309 e. The minimum absolute atomic E-state index is 0.414. The van der Waals surface area contributed by atoms with Gasteiger partial charge in [-0.3, -0.25) is 0 Å². The second kappa shape index (κ2) is 7.37. The van der Waals surface area contributed by atoms with E-state index in [1.165, 1.54) is 16.0 Å². The number of aryl methyl sites for hydroxylation is 1. The van der Waals surface area contributed by atoms with Crippen LogP contribution >= 0.6 is 11.8 Å². The third-order valence-electron chi connectivity index (χ3n) is 3.22. The molecule has 2 aromatic rings. The Bertz CT molecular complexity index is 496. The van der Waals surface area contributed by atoms with E-state index in [4.69, 9.17) is 0 Å². The van der Waals surface area contributed by atoms with Crippen LogP contribution in [-0.4, -0.2) is 12.3 Å². The van der Waals surface area contributed by atoms with E-state index < -0.39 is 0 Å². The van der Waals surface area contributed by atoms with Crippen LogP contribution in [0.4, 0.5) is 0 Å². The lowest BCUT2D eigenvalue weighted by molar-refractivity contribution is 0.598. The first-order valence-corrected chi connectivity index (χ1v) is 7.72. The predicted octanol–water partition coefficient (Wildman–Crippen LogP) is 4.44. The average Bonchev–Trinajstić information content (AvgIpc) is 2.45. The van der Waals surface area contributed by atoms with Crippen molar-refractivity contribution in [2.75, 3.05) is 12.3 Å². The highest BCUT2D eigenvalue weighted by molar-refractivity contribution is 7.99. The van der Waals surface area contributed by atoms with Crippen molar-refractivity contribution in [3.05, 3.63) is 65.7 Å². The third kappa shape index (κ3) is 4.41. The molecule has 1 N–H and O–H groups in total. The summed E-state index contributed by atoms with van der Waals surface area (Å²) in [5.41, 5.74) is 2.76. The molecule has 0 aliphatic carbocycles. The van der Waals surface area contributed by atoms with E-state index in [0.717, 1.165) is 12.3 Å². The van der Waals surface area contributed by atoms with Gasteiger partial charge in [-0.15, -0.1) is 11.8 Å². The number of thioether (sulfide) groups is 1. The fourth-order valence-electron chi connectivity index (χ4n) is 2.14. The molecule has 19 heavy (non-hydrogen) atoms. The van der Waals surface area contributed by atoms with Crippen molar-refractivity contribution < 1.29 is 0 Å². The summed E-state index contributed by atoms with van der Waals surface area (Å²) in [6.07, 6.45) is 0. The number of hydrogen-bond donors (Lipinski definition) is 1. The first kappa shape index (κ1) is 14.2. The zero-order valence-electron chi connectivity index (χ0n) is 11.6. The zero-order valence-corrected chi connectivity index (χ0v) is 12.4. The van der Waals surface area contributed by atoms with Crippen molar-refractivity contribution in [3.8, 4) is 0 Å². The van der Waals surface area contributed by atoms with Crippen LogP contribution in [0, 0.1) is 6.92 Å². The second-order valence-corrected chi connectivity index (χ2v) is 5.86. The van der Waals surface area contributed by atoms with Crippen molar-refractivity contribution in [3.63, 3.8) is 0 Å². The van der Waals surface area contributed by atoms with Gasteiger partial charge in [-0.1, -0.05) is 42.5 Å². The molecule has 0 spiro atoms. The minimum Gasteiger partial charge on any atom is -0.309 e. The Morgan fingerprint density at radius 1 is 1.00 bits per heavy atom. The van der Waals surface area contributed by atoms with Crippen LogP contribution in [0.25, 0.3) is 0 Å². The Kier molecular flexibility index (Phi) is 5.49. The summed E-state index contributed by atoms with van der Waals surface area (Å²) in [4.78, 5) is 1.34. The van der Waals surface area contributed by atoms with Gasteiger partial charge in [-0.25, -0.2) is 0 Å². The average molecular weight is 271 g/mol. The maximum absolute atomic E-state index is 3.59. The quantitative estimate of drug-likeness (QED) is 0.616. The second-order valence-electron chi connectivity index (χ2n) is 4.69. The molecule has 0 bridgehead atoms. The van der Waals surface area contributed by atoms with E-state index in [9.17, 15) is 0 Å². The third-order valence-corrected chi connectivity index (χ3v) is 4.23. The smallest absolute Gasteiger partial charge is 0.0294 e. The molecule has 0 radical (unpaired) electrons. The van der Waals surface area contributed by atoms with Gasteiger partial charge in [0.05, 0.1) is 0 Å². The Morgan fingerprint density at radius 3 is 2.42 bits per heavy atom. The molecule has 0 fully saturated rings. The van der Waals surface area contributed by atoms with Crippen LogP contribution in [0.3, 0.4) is 0 Å². The maximum Gasteiger partial charge on any atom is 0.0294 e. The molecular weight excluding hydrogens is 250 g/mol. The number of rotatable bonds is 6. The fraction of sp³-hybridized carbons (Fsp3) is 0.294. The molecule has 0 saturated carbocycles. The number of nitrogens with one attached hydrogen (secondary N) is 1. The normalized spacial score (nSPS) is 12.3. The van der Waals surface area contributed by atoms with Gasteiger partial charge < -0.3 is 5.32 Å². The van der Waals surface area contributed by atoms with Crippen LogP contribution in [0.2, 0.25) is 0 Å². The molecule has 0 amide bonds. The summed E-state index contributed by atoms with van der Waals surface area (Å²) in [5, 5.41) is 3.59. The molecule has 0 saturated heterocycles. The highest BCUT2D eigenvalue weighted by Gasteiger charge is 2.06. The summed E-state index contributed by atoms with van der Waals surface area (Å²) in [7, 11) is 0. The SMILES string of the molecule is Cc1ccccc1C(C)NCCSc1ccccc1. The van der Waals surface area contributed by atoms with Crippen molar-refractivity contribution in [2.45, 2.75) is 24.8 Å². The summed E-state index contributed by atoms with van der Waals surface area (Å²) in [6, 6.07) is 19.6. The van der Waals surface area contributed by atoms with E-state index in [2.05, 4.69) is 73.8 Å². The van der Waals surface area contributed by atoms with Crippen molar-refractivity contribution in [1.29, 1.82) is 0 Å². The number of hydrogen-bond acceptors (Lipinski definition) is 2. The summed E-state index contributed by atoms with van der Waals surface area (Å²) >= 11 is 1.90. The molecular formula is C17H21NS. The topological polar surface area (TPSA) is 12.0 Å². The minimum atomic E-state index is 0.414. The van der Waals surface area contributed by atoms with Crippen molar-refractivity contribution in [1.82, 2.24) is 5.32 Å². The molecule has 2 heteroatoms. The predicted molar refractivity (Wildman–Crippen MR) is 84.8 cm³/mol. The molecule has 2 aromatic carbocycles. The van der Waals surface area contributed by atoms with Gasteiger partial charge in [0.15, 0.2) is 0 Å². The first-order valence-electron chi connectivity index (χ1n) is 6.74. The van der Waals surface area contributed by atoms with Crippen molar-refractivity contribution in [2.24, 2.45) is 0 Å². The van der Waals surface area contributed by atoms with Gasteiger partial charge >= 0.3 is 0 Å². The Hall–Kier alpha value is -1.25. The molecule has 0 aromatic heterocycles. The van der Waals surface area contributed by atoms with Gasteiger partial charge in [0.1, 0.15) is 0 Å². The van der Waals surface area contributed by atoms with Crippen molar-refractivity contribution >= 4 is 11.8 Å². The molecule has 0 heterocycles. The molecule has 1 unspecified atom stereocenters. The van der Waals surface area contributed by atoms with Gasteiger partial charge in [-0.2, -0.15) is 0 Å². The molecule has 100 valence electrons.